The van der Waals surface area contributed by atoms with Gasteiger partial charge in [0.25, 0.3) is 5.91 Å². The lowest BCUT2D eigenvalue weighted by molar-refractivity contribution is 0.0600. The summed E-state index contributed by atoms with van der Waals surface area (Å²) < 4.78 is 11.0. The molecule has 8 heteroatoms. The average Bonchev–Trinajstić information content (AvgIpc) is 3.40. The van der Waals surface area contributed by atoms with E-state index in [1.165, 1.54) is 18.4 Å². The maximum atomic E-state index is 13.3. The van der Waals surface area contributed by atoms with Gasteiger partial charge < -0.3 is 9.15 Å². The number of carbonyl (C=O) groups is 2. The minimum absolute atomic E-state index is 0.220. The molecule has 29 heavy (non-hydrogen) atoms. The molecule has 2 heterocycles. The molecule has 0 aliphatic heterocycles. The molecule has 0 aliphatic carbocycles. The molecule has 0 unspecified atom stereocenters. The Bertz CT molecular complexity index is 1170. The van der Waals surface area contributed by atoms with Crippen LogP contribution in [0.4, 0.5) is 5.13 Å². The van der Waals surface area contributed by atoms with E-state index in [0.29, 0.717) is 27.0 Å². The van der Waals surface area contributed by atoms with Gasteiger partial charge in [0.2, 0.25) is 0 Å². The fourth-order valence-corrected chi connectivity index (χ4v) is 4.05. The molecule has 0 atom stereocenters. The van der Waals surface area contributed by atoms with E-state index in [9.17, 15) is 9.59 Å². The third-order valence-electron chi connectivity index (χ3n) is 4.26. The summed E-state index contributed by atoms with van der Waals surface area (Å²) in [6.45, 7) is 0.220. The Morgan fingerprint density at radius 2 is 1.90 bits per heavy atom. The maximum Gasteiger partial charge on any atom is 0.337 e. The van der Waals surface area contributed by atoms with Gasteiger partial charge in [-0.3, -0.25) is 9.69 Å². The molecule has 2 aromatic heterocycles. The maximum absolute atomic E-state index is 13.3. The second kappa shape index (κ2) is 8.06. The highest BCUT2D eigenvalue weighted by Gasteiger charge is 2.23. The van der Waals surface area contributed by atoms with Gasteiger partial charge in [-0.15, -0.1) is 0 Å². The highest BCUT2D eigenvalue weighted by atomic mass is 35.5. The summed E-state index contributed by atoms with van der Waals surface area (Å²) in [5.74, 6) is -0.0933. The first-order valence-corrected chi connectivity index (χ1v) is 9.83. The number of hydrogen-bond donors (Lipinski definition) is 0. The van der Waals surface area contributed by atoms with Crippen molar-refractivity contribution in [2.75, 3.05) is 12.0 Å². The standard InChI is InChI=1S/C21H15ClN2O4S/c1-27-20(26)14-6-4-13(5-7-14)19(25)24(12-16-3-2-10-28-16)21-23-17-9-8-15(22)11-18(17)29-21/h2-11H,12H2,1H3. The number of fused-ring (bicyclic) bond motifs is 1. The number of anilines is 1. The molecule has 0 bridgehead atoms. The van der Waals surface area contributed by atoms with Crippen molar-refractivity contribution < 1.29 is 18.7 Å². The Hall–Kier alpha value is -3.16. The summed E-state index contributed by atoms with van der Waals surface area (Å²) in [5, 5.41) is 1.13. The second-order valence-corrected chi connectivity index (χ2v) is 7.59. The number of benzene rings is 2. The summed E-state index contributed by atoms with van der Waals surface area (Å²) in [7, 11) is 1.31. The molecule has 0 spiro atoms. The number of thiazole rings is 1. The molecule has 1 amide bonds. The van der Waals surface area contributed by atoms with E-state index < -0.39 is 5.97 Å². The first kappa shape index (κ1) is 19.2. The monoisotopic (exact) mass is 426 g/mol. The molecule has 4 aromatic rings. The van der Waals surface area contributed by atoms with Crippen molar-refractivity contribution in [2.45, 2.75) is 6.54 Å². The van der Waals surface area contributed by atoms with Gasteiger partial charge in [0.1, 0.15) is 5.76 Å². The van der Waals surface area contributed by atoms with Crippen LogP contribution in [0.15, 0.2) is 65.3 Å². The van der Waals surface area contributed by atoms with Gasteiger partial charge in [-0.2, -0.15) is 0 Å². The smallest absolute Gasteiger partial charge is 0.337 e. The van der Waals surface area contributed by atoms with E-state index in [2.05, 4.69) is 4.98 Å². The molecule has 0 saturated heterocycles. The minimum atomic E-state index is -0.459. The Morgan fingerprint density at radius 3 is 2.59 bits per heavy atom. The highest BCUT2D eigenvalue weighted by molar-refractivity contribution is 7.22. The highest BCUT2D eigenvalue weighted by Crippen LogP contribution is 2.32. The number of nitrogens with zero attached hydrogens (tertiary/aromatic N) is 2. The fraction of sp³-hybridized carbons (Fsp3) is 0.0952. The van der Waals surface area contributed by atoms with Crippen LogP contribution >= 0.6 is 22.9 Å². The third-order valence-corrected chi connectivity index (χ3v) is 5.54. The van der Waals surface area contributed by atoms with E-state index in [1.807, 2.05) is 12.1 Å². The van der Waals surface area contributed by atoms with Gasteiger partial charge in [-0.25, -0.2) is 9.78 Å². The molecule has 0 radical (unpaired) electrons. The average molecular weight is 427 g/mol. The third kappa shape index (κ3) is 4.01. The van der Waals surface area contributed by atoms with Crippen LogP contribution in [0.3, 0.4) is 0 Å². The largest absolute Gasteiger partial charge is 0.467 e. The first-order chi connectivity index (χ1) is 14.0. The molecule has 0 saturated carbocycles. The van der Waals surface area contributed by atoms with E-state index in [4.69, 9.17) is 20.8 Å². The lowest BCUT2D eigenvalue weighted by Crippen LogP contribution is -2.30. The number of halogens is 1. The predicted octanol–water partition coefficient (Wildman–Crippen LogP) is 5.18. The summed E-state index contributed by atoms with van der Waals surface area (Å²) in [6, 6.07) is 15.3. The second-order valence-electron chi connectivity index (χ2n) is 6.15. The van der Waals surface area contributed by atoms with Crippen LogP contribution in [0, 0.1) is 0 Å². The van der Waals surface area contributed by atoms with Crippen molar-refractivity contribution >= 4 is 50.2 Å². The van der Waals surface area contributed by atoms with Crippen molar-refractivity contribution in [3.63, 3.8) is 0 Å². The molecular formula is C21H15ClN2O4S. The van der Waals surface area contributed by atoms with Crippen molar-refractivity contribution in [2.24, 2.45) is 0 Å². The number of aromatic nitrogens is 1. The minimum Gasteiger partial charge on any atom is -0.467 e. The SMILES string of the molecule is COC(=O)c1ccc(C(=O)N(Cc2ccco2)c2nc3ccc(Cl)cc3s2)cc1. The Balaban J connectivity index is 1.71. The van der Waals surface area contributed by atoms with Gasteiger partial charge in [-0.05, 0) is 54.6 Å². The van der Waals surface area contributed by atoms with Crippen molar-refractivity contribution in [1.82, 2.24) is 4.98 Å². The van der Waals surface area contributed by atoms with Crippen LogP contribution in [0.5, 0.6) is 0 Å². The van der Waals surface area contributed by atoms with E-state index in [0.717, 1.165) is 10.2 Å². The van der Waals surface area contributed by atoms with E-state index >= 15 is 0 Å². The normalized spacial score (nSPS) is 10.8. The van der Waals surface area contributed by atoms with Crippen LogP contribution < -0.4 is 4.90 Å². The lowest BCUT2D eigenvalue weighted by atomic mass is 10.1. The van der Waals surface area contributed by atoms with Crippen LogP contribution in [-0.4, -0.2) is 24.0 Å². The molecule has 0 aliphatic rings. The number of carbonyl (C=O) groups excluding carboxylic acids is 2. The summed E-state index contributed by atoms with van der Waals surface area (Å²) >= 11 is 7.45. The zero-order valence-corrected chi connectivity index (χ0v) is 16.9. The van der Waals surface area contributed by atoms with Gasteiger partial charge >= 0.3 is 5.97 Å². The molecular weight excluding hydrogens is 412 g/mol. The number of methoxy groups -OCH3 is 1. The Labute approximate surface area is 175 Å². The van der Waals surface area contributed by atoms with Crippen LogP contribution in [0.25, 0.3) is 10.2 Å². The van der Waals surface area contributed by atoms with Gasteiger partial charge in [-0.1, -0.05) is 22.9 Å². The predicted molar refractivity (Wildman–Crippen MR) is 112 cm³/mol. The molecule has 0 N–H and O–H groups in total. The number of ether oxygens (including phenoxy) is 1. The zero-order chi connectivity index (χ0) is 20.4. The summed E-state index contributed by atoms with van der Waals surface area (Å²) in [4.78, 5) is 31.0. The summed E-state index contributed by atoms with van der Waals surface area (Å²) in [5.41, 5.74) is 1.55. The Kier molecular flexibility index (Phi) is 5.33. The van der Waals surface area contributed by atoms with Crippen LogP contribution in [0.1, 0.15) is 26.5 Å². The Morgan fingerprint density at radius 1 is 1.14 bits per heavy atom. The van der Waals surface area contributed by atoms with E-state index in [-0.39, 0.29) is 12.5 Å². The van der Waals surface area contributed by atoms with Gasteiger partial charge in [0.15, 0.2) is 5.13 Å². The fourth-order valence-electron chi connectivity index (χ4n) is 2.81. The first-order valence-electron chi connectivity index (χ1n) is 8.64. The lowest BCUT2D eigenvalue weighted by Gasteiger charge is -2.19. The van der Waals surface area contributed by atoms with Crippen molar-refractivity contribution in [3.8, 4) is 0 Å². The van der Waals surface area contributed by atoms with Crippen LogP contribution in [0.2, 0.25) is 5.02 Å². The topological polar surface area (TPSA) is 72.6 Å². The molecule has 6 nitrogen and oxygen atoms in total. The molecule has 0 fully saturated rings. The van der Waals surface area contributed by atoms with Gasteiger partial charge in [0, 0.05) is 10.6 Å². The number of rotatable bonds is 5. The number of hydrogen-bond acceptors (Lipinski definition) is 6. The van der Waals surface area contributed by atoms with Crippen LogP contribution in [-0.2, 0) is 11.3 Å². The molecule has 4 rings (SSSR count). The molecule has 2 aromatic carbocycles. The zero-order valence-electron chi connectivity index (χ0n) is 15.3. The quantitative estimate of drug-likeness (QED) is 0.411. The van der Waals surface area contributed by atoms with Crippen molar-refractivity contribution in [3.05, 3.63) is 82.8 Å². The van der Waals surface area contributed by atoms with Crippen molar-refractivity contribution in [1.29, 1.82) is 0 Å². The molecule has 146 valence electrons. The number of amides is 1. The number of furan rings is 1. The van der Waals surface area contributed by atoms with Gasteiger partial charge in [0.05, 0.1) is 35.7 Å². The van der Waals surface area contributed by atoms with E-state index in [1.54, 1.807) is 53.6 Å². The number of esters is 1. The summed E-state index contributed by atoms with van der Waals surface area (Å²) in [6.07, 6.45) is 1.56.